The van der Waals surface area contributed by atoms with E-state index in [1.807, 2.05) is 14.1 Å². The van der Waals surface area contributed by atoms with Crippen LogP contribution in [-0.4, -0.2) is 149 Å². The summed E-state index contributed by atoms with van der Waals surface area (Å²) in [6.07, 6.45) is 12.8. The van der Waals surface area contributed by atoms with Gasteiger partial charge in [0.05, 0.1) is 13.2 Å². The Hall–Kier alpha value is -0.320. The smallest absolute Gasteiger partial charge is 0.0558 e. The summed E-state index contributed by atoms with van der Waals surface area (Å²) in [5.41, 5.74) is 0. The number of nitrogens with one attached hydrogen (secondary N) is 2. The topological polar surface area (TPSA) is 77.5 Å². The van der Waals surface area contributed by atoms with E-state index in [2.05, 4.69) is 113 Å². The summed E-state index contributed by atoms with van der Waals surface area (Å²) in [5, 5.41) is 24.0. The Morgan fingerprint density at radius 3 is 1.10 bits per heavy atom. The van der Waals surface area contributed by atoms with E-state index in [4.69, 9.17) is 10.2 Å². The molecule has 0 bridgehead atoms. The third-order valence-electron chi connectivity index (χ3n) is 8.78. The predicted octanol–water partition coefficient (Wildman–Crippen LogP) is 8.43. The molecule has 0 unspecified atom stereocenters. The standard InChI is InChI=1S/C11H27N3.C11H25NO.C11H25N.C10H23NO.CH4/c1-11(2)5-8-14(9-6-12-3)10-7-13-4;1-4-7-12(9-10-13)8-5-6-11(2)3;1-5-6-9-12(4)10-7-8-11(2)3;1-4-6-11(8-9-12)7-5-10(2)3;/h11-13H,5-10H2,1-4H3;11,13H,4-10H2,1-3H3;11H,5-10H2,1-4H3;10,12H,4-9H2,1-3H3;1H4. The number of aliphatic hydroxyl groups is 2. The van der Waals surface area contributed by atoms with Gasteiger partial charge in [-0.05, 0) is 148 Å². The molecule has 0 atom stereocenters. The largest absolute Gasteiger partial charge is 0.395 e. The van der Waals surface area contributed by atoms with Gasteiger partial charge in [-0.15, -0.1) is 0 Å². The third kappa shape index (κ3) is 56.4. The molecule has 0 aliphatic rings. The molecular formula is C44H104N6O2. The lowest BCUT2D eigenvalue weighted by Gasteiger charge is -2.22. The second-order valence-corrected chi connectivity index (χ2v) is 16.3. The van der Waals surface area contributed by atoms with Crippen molar-refractivity contribution in [1.82, 2.24) is 30.2 Å². The van der Waals surface area contributed by atoms with E-state index in [9.17, 15) is 0 Å². The Kier molecular flexibility index (Phi) is 57.1. The fraction of sp³-hybridized carbons (Fsp3) is 1.00. The van der Waals surface area contributed by atoms with E-state index in [0.29, 0.717) is 6.61 Å². The van der Waals surface area contributed by atoms with E-state index in [-0.39, 0.29) is 14.0 Å². The number of unbranched alkanes of at least 4 members (excludes halogenated alkanes) is 1. The molecular weight excluding hydrogens is 645 g/mol. The third-order valence-corrected chi connectivity index (χ3v) is 8.78. The van der Waals surface area contributed by atoms with Crippen molar-refractivity contribution in [3.8, 4) is 0 Å². The van der Waals surface area contributed by atoms with Crippen LogP contribution in [0.15, 0.2) is 0 Å². The fourth-order valence-corrected chi connectivity index (χ4v) is 5.38. The Labute approximate surface area is 330 Å². The summed E-state index contributed by atoms with van der Waals surface area (Å²) in [6, 6.07) is 0. The first-order valence-electron chi connectivity index (χ1n) is 21.6. The monoisotopic (exact) mass is 749 g/mol. The molecule has 0 spiro atoms. The molecule has 8 heteroatoms. The molecule has 0 aromatic heterocycles. The molecule has 0 aromatic carbocycles. The average Bonchev–Trinajstić information content (AvgIpc) is 3.07. The van der Waals surface area contributed by atoms with Crippen LogP contribution in [0.1, 0.15) is 148 Å². The van der Waals surface area contributed by atoms with Crippen molar-refractivity contribution >= 4 is 0 Å². The molecule has 0 amide bonds. The highest BCUT2D eigenvalue weighted by Crippen LogP contribution is 2.06. The summed E-state index contributed by atoms with van der Waals surface area (Å²) in [5.74, 6) is 3.24. The minimum absolute atomic E-state index is 0. The molecule has 4 N–H and O–H groups in total. The molecule has 52 heavy (non-hydrogen) atoms. The van der Waals surface area contributed by atoms with Crippen LogP contribution >= 0.6 is 0 Å². The van der Waals surface area contributed by atoms with Crippen LogP contribution in [0.2, 0.25) is 0 Å². The van der Waals surface area contributed by atoms with Gasteiger partial charge in [-0.3, -0.25) is 0 Å². The van der Waals surface area contributed by atoms with Crippen LogP contribution in [0.5, 0.6) is 0 Å². The Balaban J connectivity index is -0.000000188. The van der Waals surface area contributed by atoms with Crippen LogP contribution in [-0.2, 0) is 0 Å². The first-order valence-corrected chi connectivity index (χ1v) is 21.6. The van der Waals surface area contributed by atoms with Crippen LogP contribution < -0.4 is 10.6 Å². The Bertz CT molecular complexity index is 589. The number of hydrogen-bond donors (Lipinski definition) is 4. The van der Waals surface area contributed by atoms with Gasteiger partial charge in [0.2, 0.25) is 0 Å². The van der Waals surface area contributed by atoms with E-state index < -0.39 is 0 Å². The molecule has 0 aromatic rings. The first kappa shape index (κ1) is 60.9. The van der Waals surface area contributed by atoms with Crippen LogP contribution in [0.3, 0.4) is 0 Å². The molecule has 0 aliphatic heterocycles. The van der Waals surface area contributed by atoms with Gasteiger partial charge in [0.25, 0.3) is 0 Å². The second kappa shape index (κ2) is 48.7. The first-order chi connectivity index (χ1) is 24.3. The minimum Gasteiger partial charge on any atom is -0.395 e. The lowest BCUT2D eigenvalue weighted by atomic mass is 10.1. The summed E-state index contributed by atoms with van der Waals surface area (Å²) in [7, 11) is 6.26. The molecule has 0 saturated heterocycles. The zero-order valence-electron chi connectivity index (χ0n) is 37.7. The number of rotatable bonds is 31. The average molecular weight is 749 g/mol. The van der Waals surface area contributed by atoms with Crippen molar-refractivity contribution in [2.45, 2.75) is 148 Å². The zero-order chi connectivity index (χ0) is 39.7. The van der Waals surface area contributed by atoms with Crippen LogP contribution in [0, 0.1) is 23.7 Å². The molecule has 8 nitrogen and oxygen atoms in total. The number of aliphatic hydroxyl groups excluding tert-OH is 2. The van der Waals surface area contributed by atoms with Gasteiger partial charge in [0.15, 0.2) is 0 Å². The molecule has 0 rings (SSSR count). The summed E-state index contributed by atoms with van der Waals surface area (Å²) >= 11 is 0. The maximum absolute atomic E-state index is 8.83. The van der Waals surface area contributed by atoms with Crippen molar-refractivity contribution in [1.29, 1.82) is 0 Å². The highest BCUT2D eigenvalue weighted by molar-refractivity contribution is 4.62. The van der Waals surface area contributed by atoms with Crippen molar-refractivity contribution < 1.29 is 10.2 Å². The SMILES string of the molecule is C.CCCCN(C)CCCC(C)C.CCCN(CCO)CCC(C)C.CCCN(CCO)CCCC(C)C.CNCCN(CCNC)CCC(C)C. The van der Waals surface area contributed by atoms with E-state index in [1.54, 1.807) is 0 Å². The van der Waals surface area contributed by atoms with Gasteiger partial charge in [-0.25, -0.2) is 0 Å². The van der Waals surface area contributed by atoms with E-state index >= 15 is 0 Å². The number of likely N-dealkylation sites (N-methyl/N-ethyl adjacent to an activating group) is 2. The maximum atomic E-state index is 8.83. The zero-order valence-corrected chi connectivity index (χ0v) is 37.7. The van der Waals surface area contributed by atoms with Crippen LogP contribution in [0.4, 0.5) is 0 Å². The van der Waals surface area contributed by atoms with Gasteiger partial charge in [0, 0.05) is 39.3 Å². The van der Waals surface area contributed by atoms with Gasteiger partial charge < -0.3 is 40.4 Å². The van der Waals surface area contributed by atoms with Gasteiger partial charge in [-0.2, -0.15) is 0 Å². The summed E-state index contributed by atoms with van der Waals surface area (Å²) in [6.45, 7) is 39.8. The second-order valence-electron chi connectivity index (χ2n) is 16.3. The normalized spacial score (nSPS) is 11.3. The Morgan fingerprint density at radius 1 is 0.423 bits per heavy atom. The van der Waals surface area contributed by atoms with Gasteiger partial charge in [0.1, 0.15) is 0 Å². The molecule has 0 fully saturated rings. The van der Waals surface area contributed by atoms with Crippen molar-refractivity contribution in [3.05, 3.63) is 0 Å². The lowest BCUT2D eigenvalue weighted by molar-refractivity contribution is 0.189. The Morgan fingerprint density at radius 2 is 0.769 bits per heavy atom. The molecule has 0 aliphatic carbocycles. The fourth-order valence-electron chi connectivity index (χ4n) is 5.38. The van der Waals surface area contributed by atoms with Gasteiger partial charge >= 0.3 is 0 Å². The van der Waals surface area contributed by atoms with Gasteiger partial charge in [-0.1, -0.05) is 90.0 Å². The van der Waals surface area contributed by atoms with Crippen LogP contribution in [0.25, 0.3) is 0 Å². The quantitative estimate of drug-likeness (QED) is 0.0564. The molecule has 0 saturated carbocycles. The number of nitrogens with zero attached hydrogens (tertiary/aromatic N) is 4. The predicted molar refractivity (Wildman–Crippen MR) is 238 cm³/mol. The summed E-state index contributed by atoms with van der Waals surface area (Å²) < 4.78 is 0. The highest BCUT2D eigenvalue weighted by Gasteiger charge is 2.06. The minimum atomic E-state index is 0. The van der Waals surface area contributed by atoms with E-state index in [1.165, 1.54) is 83.8 Å². The maximum Gasteiger partial charge on any atom is 0.0558 e. The van der Waals surface area contributed by atoms with Crippen molar-refractivity contribution in [3.63, 3.8) is 0 Å². The summed E-state index contributed by atoms with van der Waals surface area (Å²) in [4.78, 5) is 9.65. The molecule has 0 radical (unpaired) electrons. The number of hydrogen-bond acceptors (Lipinski definition) is 8. The lowest BCUT2D eigenvalue weighted by Crippen LogP contribution is -2.36. The van der Waals surface area contributed by atoms with E-state index in [0.717, 1.165) is 89.1 Å². The van der Waals surface area contributed by atoms with Crippen molar-refractivity contribution in [2.24, 2.45) is 23.7 Å². The highest BCUT2D eigenvalue weighted by atomic mass is 16.3. The molecule has 0 heterocycles. The van der Waals surface area contributed by atoms with Crippen molar-refractivity contribution in [2.75, 3.05) is 119 Å². The molecule has 322 valence electrons.